The quantitative estimate of drug-likeness (QED) is 0.0605. The van der Waals surface area contributed by atoms with Crippen molar-refractivity contribution in [2.45, 2.75) is 89.2 Å². The van der Waals surface area contributed by atoms with E-state index in [2.05, 4.69) is 16.0 Å². The molecule has 6 rings (SSSR count). The maximum Gasteiger partial charge on any atom is 0.410 e. The summed E-state index contributed by atoms with van der Waals surface area (Å²) in [5.41, 5.74) is 4.11. The molecule has 16 heteroatoms. The molecule has 16 nitrogen and oxygen atoms in total. The first-order valence-electron chi connectivity index (χ1n) is 20.9. The Kier molecular flexibility index (Phi) is 17.0. The number of benzene rings is 4. The van der Waals surface area contributed by atoms with Gasteiger partial charge < -0.3 is 35.1 Å². The third-order valence-electron chi connectivity index (χ3n) is 10.7. The molecule has 4 aromatic carbocycles. The average molecular weight is 867 g/mol. The van der Waals surface area contributed by atoms with Crippen LogP contribution in [0.1, 0.15) is 91.1 Å². The monoisotopic (exact) mass is 866 g/mol. The molecule has 2 saturated heterocycles. The molecule has 2 aliphatic heterocycles. The predicted molar refractivity (Wildman–Crippen MR) is 233 cm³/mol. The Morgan fingerprint density at radius 1 is 0.603 bits per heavy atom. The number of carbonyl (C=O) groups is 5. The standard InChI is InChI=1S/C26H33N3O6.C21H25N3O4/c1-25(2,3)35-24(32)29-15-13-26(14-16-29,17-22(30)28-33)27-23(31)20-9-11-21(12-10-20)34-18-19-7-5-4-6-8-19;25-19(24-27)14-21(10-12-22-13-11-21)23-20(26)17-6-8-18(9-7-17)28-15-16-4-2-1-3-5-16/h4-12,33H,13-18H2,1-3H3,(H,27,31)(H,28,30);1-9,22,27H,10-15H2,(H,23,26)(H,24,25). The van der Waals surface area contributed by atoms with Gasteiger partial charge >= 0.3 is 6.09 Å². The Hall–Kier alpha value is -6.49. The van der Waals surface area contributed by atoms with Gasteiger partial charge in [0.05, 0.1) is 23.9 Å². The lowest BCUT2D eigenvalue weighted by molar-refractivity contribution is -0.131. The lowest BCUT2D eigenvalue weighted by atomic mass is 9.83. The number of ether oxygens (including phenoxy) is 3. The Bertz CT molecular complexity index is 2100. The summed E-state index contributed by atoms with van der Waals surface area (Å²) >= 11 is 0. The molecule has 2 fully saturated rings. The Labute approximate surface area is 367 Å². The Balaban J connectivity index is 0.000000243. The zero-order valence-electron chi connectivity index (χ0n) is 36.0. The van der Waals surface area contributed by atoms with E-state index in [4.69, 9.17) is 24.6 Å². The van der Waals surface area contributed by atoms with Crippen molar-refractivity contribution in [2.24, 2.45) is 0 Å². The van der Waals surface area contributed by atoms with Gasteiger partial charge in [-0.1, -0.05) is 60.7 Å². The summed E-state index contributed by atoms with van der Waals surface area (Å²) in [6, 6.07) is 33.3. The first-order valence-corrected chi connectivity index (χ1v) is 20.9. The molecule has 0 bridgehead atoms. The van der Waals surface area contributed by atoms with E-state index in [9.17, 15) is 24.0 Å². The number of likely N-dealkylation sites (tertiary alicyclic amines) is 1. The van der Waals surface area contributed by atoms with Crippen molar-refractivity contribution in [3.8, 4) is 11.5 Å². The summed E-state index contributed by atoms with van der Waals surface area (Å²) in [6.45, 7) is 8.27. The zero-order valence-corrected chi connectivity index (χ0v) is 36.0. The van der Waals surface area contributed by atoms with E-state index in [-0.39, 0.29) is 24.7 Å². The van der Waals surface area contributed by atoms with Crippen molar-refractivity contribution >= 4 is 29.7 Å². The number of nitrogens with zero attached hydrogens (tertiary/aromatic N) is 1. The number of carbonyl (C=O) groups excluding carboxylic acids is 5. The molecule has 63 heavy (non-hydrogen) atoms. The highest BCUT2D eigenvalue weighted by molar-refractivity contribution is 5.96. The fourth-order valence-corrected chi connectivity index (χ4v) is 7.25. The normalized spacial score (nSPS) is 15.3. The highest BCUT2D eigenvalue weighted by Gasteiger charge is 2.40. The fraction of sp³-hybridized carbons (Fsp3) is 0.383. The van der Waals surface area contributed by atoms with Crippen molar-refractivity contribution < 1.29 is 48.6 Å². The summed E-state index contributed by atoms with van der Waals surface area (Å²) in [5.74, 6) is -0.409. The molecular formula is C47H58N6O10. The van der Waals surface area contributed by atoms with Crippen LogP contribution in [0.4, 0.5) is 4.79 Å². The average Bonchev–Trinajstić information content (AvgIpc) is 3.28. The van der Waals surface area contributed by atoms with Gasteiger partial charge in [0.2, 0.25) is 11.8 Å². The van der Waals surface area contributed by atoms with Crippen LogP contribution < -0.4 is 36.4 Å². The molecule has 0 aliphatic carbocycles. The fourth-order valence-electron chi connectivity index (χ4n) is 7.25. The van der Waals surface area contributed by atoms with Crippen LogP contribution in [0.5, 0.6) is 11.5 Å². The van der Waals surface area contributed by atoms with E-state index in [1.165, 1.54) is 0 Å². The van der Waals surface area contributed by atoms with Crippen molar-refractivity contribution in [1.29, 1.82) is 0 Å². The highest BCUT2D eigenvalue weighted by atomic mass is 16.6. The number of hydrogen-bond donors (Lipinski definition) is 7. The molecule has 5 amide bonds. The van der Waals surface area contributed by atoms with Gasteiger partial charge in [0.25, 0.3) is 11.8 Å². The molecule has 0 radical (unpaired) electrons. The SMILES string of the molecule is CC(C)(C)OC(=O)N1CCC(CC(=O)NO)(NC(=O)c2ccc(OCc3ccccc3)cc2)CC1.O=C(CC1(NC(=O)c2ccc(OCc3ccccc3)cc2)CCNCC1)NO. The lowest BCUT2D eigenvalue weighted by Gasteiger charge is -2.42. The second-order valence-corrected chi connectivity index (χ2v) is 16.7. The van der Waals surface area contributed by atoms with Crippen molar-refractivity contribution in [3.05, 3.63) is 131 Å². The second-order valence-electron chi connectivity index (χ2n) is 16.7. The summed E-state index contributed by atoms with van der Waals surface area (Å²) in [7, 11) is 0. The van der Waals surface area contributed by atoms with Gasteiger partial charge in [0.1, 0.15) is 30.3 Å². The van der Waals surface area contributed by atoms with Crippen LogP contribution in [-0.2, 0) is 27.5 Å². The topological polar surface area (TPSA) is 217 Å². The number of piperidine rings is 2. The number of hydrogen-bond acceptors (Lipinski definition) is 11. The maximum absolute atomic E-state index is 13.0. The zero-order chi connectivity index (χ0) is 45.3. The molecule has 4 aromatic rings. The summed E-state index contributed by atoms with van der Waals surface area (Å²) in [4.78, 5) is 63.4. The van der Waals surface area contributed by atoms with Gasteiger partial charge in [0.15, 0.2) is 0 Å². The van der Waals surface area contributed by atoms with Gasteiger partial charge in [-0.2, -0.15) is 0 Å². The van der Waals surface area contributed by atoms with Crippen LogP contribution in [0.25, 0.3) is 0 Å². The Morgan fingerprint density at radius 2 is 1.00 bits per heavy atom. The molecule has 0 atom stereocenters. The molecule has 0 saturated carbocycles. The van der Waals surface area contributed by atoms with Crippen LogP contribution in [0.3, 0.4) is 0 Å². The number of hydroxylamine groups is 2. The molecule has 2 heterocycles. The first kappa shape index (κ1) is 47.6. The van der Waals surface area contributed by atoms with Crippen molar-refractivity contribution in [3.63, 3.8) is 0 Å². The number of amides is 5. The molecular weight excluding hydrogens is 809 g/mol. The third-order valence-corrected chi connectivity index (χ3v) is 10.7. The van der Waals surface area contributed by atoms with Crippen LogP contribution in [0.2, 0.25) is 0 Å². The van der Waals surface area contributed by atoms with Gasteiger partial charge in [-0.15, -0.1) is 0 Å². The van der Waals surface area contributed by atoms with Gasteiger partial charge in [-0.3, -0.25) is 29.6 Å². The van der Waals surface area contributed by atoms with Crippen molar-refractivity contribution in [2.75, 3.05) is 26.2 Å². The predicted octanol–water partition coefficient (Wildman–Crippen LogP) is 5.67. The molecule has 0 aromatic heterocycles. The van der Waals surface area contributed by atoms with E-state index < -0.39 is 34.6 Å². The Morgan fingerprint density at radius 3 is 1.38 bits per heavy atom. The minimum atomic E-state index is -0.912. The minimum absolute atomic E-state index is 0.0369. The first-order chi connectivity index (χ1) is 30.2. The van der Waals surface area contributed by atoms with E-state index in [1.807, 2.05) is 60.7 Å². The van der Waals surface area contributed by atoms with Gasteiger partial charge in [-0.25, -0.2) is 15.8 Å². The molecule has 2 aliphatic rings. The van der Waals surface area contributed by atoms with Crippen LogP contribution >= 0.6 is 0 Å². The van der Waals surface area contributed by atoms with E-state index in [1.54, 1.807) is 85.2 Å². The molecule has 336 valence electrons. The smallest absolute Gasteiger partial charge is 0.410 e. The minimum Gasteiger partial charge on any atom is -0.489 e. The maximum atomic E-state index is 13.0. The molecule has 7 N–H and O–H groups in total. The van der Waals surface area contributed by atoms with E-state index >= 15 is 0 Å². The number of nitrogens with one attached hydrogen (secondary N) is 5. The van der Waals surface area contributed by atoms with Crippen molar-refractivity contribution in [1.82, 2.24) is 31.8 Å². The number of rotatable bonds is 14. The van der Waals surface area contributed by atoms with Crippen LogP contribution in [0.15, 0.2) is 109 Å². The van der Waals surface area contributed by atoms with Gasteiger partial charge in [-0.05, 0) is 119 Å². The largest absolute Gasteiger partial charge is 0.489 e. The van der Waals surface area contributed by atoms with E-state index in [0.717, 1.165) is 11.1 Å². The van der Waals surface area contributed by atoms with Crippen LogP contribution in [-0.4, -0.2) is 87.9 Å². The summed E-state index contributed by atoms with van der Waals surface area (Å²) < 4.78 is 16.9. The lowest BCUT2D eigenvalue weighted by Crippen LogP contribution is -2.58. The summed E-state index contributed by atoms with van der Waals surface area (Å²) in [6.07, 6.45) is 1.39. The second kappa shape index (κ2) is 22.6. The molecule has 0 spiro atoms. The molecule has 0 unspecified atom stereocenters. The summed E-state index contributed by atoms with van der Waals surface area (Å²) in [5, 5.41) is 27.1. The van der Waals surface area contributed by atoms with Gasteiger partial charge in [0, 0.05) is 24.2 Å². The van der Waals surface area contributed by atoms with E-state index in [0.29, 0.717) is 87.7 Å². The third kappa shape index (κ3) is 15.1. The van der Waals surface area contributed by atoms with Crippen LogP contribution in [0, 0.1) is 0 Å². The highest BCUT2D eigenvalue weighted by Crippen LogP contribution is 2.29.